The van der Waals surface area contributed by atoms with Gasteiger partial charge in [-0.05, 0) is 98.7 Å². The lowest BCUT2D eigenvalue weighted by molar-refractivity contribution is -0.141. The minimum Gasteiger partial charge on any atom is -0.496 e. The summed E-state index contributed by atoms with van der Waals surface area (Å²) in [4.78, 5) is 31.0. The van der Waals surface area contributed by atoms with Crippen LogP contribution >= 0.6 is 0 Å². The number of benzene rings is 2. The van der Waals surface area contributed by atoms with E-state index in [9.17, 15) is 20.0 Å². The third-order valence-corrected chi connectivity index (χ3v) is 10.1. The number of carbonyl (C=O) groups is 2. The van der Waals surface area contributed by atoms with E-state index in [1.54, 1.807) is 7.11 Å². The molecule has 3 aromatic rings. The van der Waals surface area contributed by atoms with Gasteiger partial charge in [-0.2, -0.15) is 5.26 Å². The van der Waals surface area contributed by atoms with Gasteiger partial charge in [0.25, 0.3) is 5.91 Å². The standard InChI is InChI=1S/C34H40N4O5/c1-21-15-29(42-2)27(26-7-11-36-30(21)26)20-38-12-10-34(16-22(17-34)19-35)18-28(38)23-3-5-25(6-4-23)32(39)37-31(33(40)41)24-8-13-43-14-9-24/h3-7,11,15,22,24,28,31,36H,8-10,12-14,16-18,20H2,1-2H3,(H,37,39)(H,40,41). The average molecular weight is 585 g/mol. The number of aliphatic carboxylic acids is 1. The molecule has 43 heavy (non-hydrogen) atoms. The number of rotatable bonds is 8. The van der Waals surface area contributed by atoms with E-state index in [0.29, 0.717) is 38.2 Å². The minimum absolute atomic E-state index is 0.111. The number of aryl methyl sites for hydroxylation is 1. The topological polar surface area (TPSA) is 128 Å². The van der Waals surface area contributed by atoms with Crippen molar-refractivity contribution in [3.05, 3.63) is 64.8 Å². The molecular weight excluding hydrogens is 544 g/mol. The second-order valence-corrected chi connectivity index (χ2v) is 12.7. The SMILES string of the molecule is COc1cc(C)c2[nH]ccc2c1CN1CCC2(CC(C#N)C2)CC1c1ccc(C(=O)NC(C(=O)O)C2CCOCC2)cc1. The number of aromatic amines is 1. The second kappa shape index (κ2) is 12.0. The second-order valence-electron chi connectivity index (χ2n) is 12.7. The van der Waals surface area contributed by atoms with Gasteiger partial charge in [-0.3, -0.25) is 9.69 Å². The highest BCUT2D eigenvalue weighted by Crippen LogP contribution is 2.56. The van der Waals surface area contributed by atoms with E-state index in [-0.39, 0.29) is 29.2 Å². The van der Waals surface area contributed by atoms with E-state index >= 15 is 0 Å². The van der Waals surface area contributed by atoms with Gasteiger partial charge < -0.3 is 24.9 Å². The van der Waals surface area contributed by atoms with Crippen molar-refractivity contribution in [2.24, 2.45) is 17.3 Å². The number of carboxylic acid groups (broad SMARTS) is 1. The minimum atomic E-state index is -1.01. The van der Waals surface area contributed by atoms with Crippen molar-refractivity contribution in [1.29, 1.82) is 5.26 Å². The molecule has 2 unspecified atom stereocenters. The zero-order valence-electron chi connectivity index (χ0n) is 24.9. The van der Waals surface area contributed by atoms with Crippen molar-refractivity contribution in [3.63, 3.8) is 0 Å². The molecule has 1 spiro atoms. The van der Waals surface area contributed by atoms with Gasteiger partial charge in [-0.15, -0.1) is 0 Å². The molecule has 3 fully saturated rings. The van der Waals surface area contributed by atoms with E-state index in [4.69, 9.17) is 9.47 Å². The molecule has 9 heteroatoms. The lowest BCUT2D eigenvalue weighted by Gasteiger charge is -2.53. The lowest BCUT2D eigenvalue weighted by atomic mass is 9.56. The van der Waals surface area contributed by atoms with Gasteiger partial charge in [-0.25, -0.2) is 4.79 Å². The van der Waals surface area contributed by atoms with Gasteiger partial charge in [0.2, 0.25) is 0 Å². The molecule has 1 aliphatic carbocycles. The molecular formula is C34H40N4O5. The maximum absolute atomic E-state index is 13.2. The fourth-order valence-corrected chi connectivity index (χ4v) is 7.64. The number of piperidine rings is 1. The Hall–Kier alpha value is -3.87. The van der Waals surface area contributed by atoms with Crippen molar-refractivity contribution < 1.29 is 24.2 Å². The normalized spacial score (nSPS) is 25.1. The van der Waals surface area contributed by atoms with Crippen LogP contribution in [0.1, 0.15) is 71.6 Å². The molecule has 0 bridgehead atoms. The lowest BCUT2D eigenvalue weighted by Crippen LogP contribution is -2.48. The first-order chi connectivity index (χ1) is 20.8. The summed E-state index contributed by atoms with van der Waals surface area (Å²) in [7, 11) is 1.72. The summed E-state index contributed by atoms with van der Waals surface area (Å²) < 4.78 is 11.2. The Balaban J connectivity index is 1.25. The number of carboxylic acids is 1. The Morgan fingerprint density at radius 1 is 1.21 bits per heavy atom. The number of hydrogen-bond acceptors (Lipinski definition) is 6. The van der Waals surface area contributed by atoms with Gasteiger partial charge in [0.1, 0.15) is 11.8 Å². The highest BCUT2D eigenvalue weighted by atomic mass is 16.5. The predicted molar refractivity (Wildman–Crippen MR) is 162 cm³/mol. The van der Waals surface area contributed by atoms with E-state index in [1.807, 2.05) is 30.5 Å². The fraction of sp³-hybridized carbons (Fsp3) is 0.500. The molecule has 3 heterocycles. The van der Waals surface area contributed by atoms with Gasteiger partial charge in [0.05, 0.1) is 13.2 Å². The first-order valence-electron chi connectivity index (χ1n) is 15.3. The molecule has 3 N–H and O–H groups in total. The molecule has 2 atom stereocenters. The van der Waals surface area contributed by atoms with Crippen molar-refractivity contribution in [2.75, 3.05) is 26.9 Å². The van der Waals surface area contributed by atoms with Gasteiger partial charge in [0.15, 0.2) is 0 Å². The largest absolute Gasteiger partial charge is 0.496 e. The number of H-pyrrole nitrogens is 1. The zero-order chi connectivity index (χ0) is 30.1. The Morgan fingerprint density at radius 3 is 2.63 bits per heavy atom. The number of nitriles is 1. The van der Waals surface area contributed by atoms with E-state index in [1.165, 1.54) is 0 Å². The average Bonchev–Trinajstić information content (AvgIpc) is 3.51. The monoisotopic (exact) mass is 584 g/mol. The summed E-state index contributed by atoms with van der Waals surface area (Å²) in [6, 6.07) is 13.5. The van der Waals surface area contributed by atoms with Crippen LogP contribution < -0.4 is 10.1 Å². The molecule has 2 aliphatic heterocycles. The van der Waals surface area contributed by atoms with Gasteiger partial charge >= 0.3 is 5.97 Å². The molecule has 226 valence electrons. The summed E-state index contributed by atoms with van der Waals surface area (Å²) in [5.74, 6) is -0.530. The van der Waals surface area contributed by atoms with Crippen LogP contribution in [-0.4, -0.2) is 59.8 Å². The Morgan fingerprint density at radius 2 is 1.95 bits per heavy atom. The number of nitrogens with one attached hydrogen (secondary N) is 2. The van der Waals surface area contributed by atoms with Gasteiger partial charge in [-0.1, -0.05) is 12.1 Å². The van der Waals surface area contributed by atoms with E-state index in [0.717, 1.165) is 65.6 Å². The number of nitrogens with zero attached hydrogens (tertiary/aromatic N) is 2. The quantitative estimate of drug-likeness (QED) is 0.326. The predicted octanol–water partition coefficient (Wildman–Crippen LogP) is 5.35. The number of ether oxygens (including phenoxy) is 2. The van der Waals surface area contributed by atoms with Crippen LogP contribution in [0.4, 0.5) is 0 Å². The molecule has 9 nitrogen and oxygen atoms in total. The van der Waals surface area contributed by atoms with Crippen LogP contribution in [0.3, 0.4) is 0 Å². The molecule has 2 saturated heterocycles. The van der Waals surface area contributed by atoms with E-state index < -0.39 is 12.0 Å². The number of fused-ring (bicyclic) bond motifs is 1. The molecule has 0 radical (unpaired) electrons. The molecule has 1 aromatic heterocycles. The Bertz CT molecular complexity index is 1530. The summed E-state index contributed by atoms with van der Waals surface area (Å²) in [5, 5.41) is 23.2. The van der Waals surface area contributed by atoms with Crippen LogP contribution in [0.2, 0.25) is 0 Å². The zero-order valence-corrected chi connectivity index (χ0v) is 24.9. The number of carbonyl (C=O) groups excluding carboxylic acids is 1. The van der Waals surface area contributed by atoms with Crippen molar-refractivity contribution in [2.45, 2.75) is 64.1 Å². The van der Waals surface area contributed by atoms with E-state index in [2.05, 4.69) is 40.3 Å². The van der Waals surface area contributed by atoms with Crippen molar-refractivity contribution >= 4 is 22.8 Å². The Kier molecular flexibility index (Phi) is 8.17. The molecule has 6 rings (SSSR count). The molecule has 1 amide bonds. The highest BCUT2D eigenvalue weighted by Gasteiger charge is 2.49. The first-order valence-corrected chi connectivity index (χ1v) is 15.3. The smallest absolute Gasteiger partial charge is 0.326 e. The third-order valence-electron chi connectivity index (χ3n) is 10.1. The third kappa shape index (κ3) is 5.74. The van der Waals surface area contributed by atoms with Crippen molar-refractivity contribution in [3.8, 4) is 11.8 Å². The summed E-state index contributed by atoms with van der Waals surface area (Å²) in [6.07, 6.45) is 7.08. The first kappa shape index (κ1) is 29.2. The van der Waals surface area contributed by atoms with Crippen LogP contribution in [0.15, 0.2) is 42.6 Å². The fourth-order valence-electron chi connectivity index (χ4n) is 7.64. The van der Waals surface area contributed by atoms with Gasteiger partial charge in [0, 0.05) is 59.9 Å². The number of amides is 1. The number of likely N-dealkylation sites (tertiary alicyclic amines) is 1. The molecule has 3 aliphatic rings. The number of methoxy groups -OCH3 is 1. The van der Waals surface area contributed by atoms with Crippen LogP contribution in [-0.2, 0) is 16.1 Å². The van der Waals surface area contributed by atoms with Crippen LogP contribution in [0, 0.1) is 35.5 Å². The maximum atomic E-state index is 13.2. The van der Waals surface area contributed by atoms with Crippen LogP contribution in [0.5, 0.6) is 5.75 Å². The van der Waals surface area contributed by atoms with Crippen LogP contribution in [0.25, 0.3) is 10.9 Å². The molecule has 2 aromatic carbocycles. The van der Waals surface area contributed by atoms with Crippen molar-refractivity contribution in [1.82, 2.24) is 15.2 Å². The molecule has 1 saturated carbocycles. The maximum Gasteiger partial charge on any atom is 0.326 e. The Labute approximate surface area is 252 Å². The number of aromatic nitrogens is 1. The summed E-state index contributed by atoms with van der Waals surface area (Å²) in [5.41, 5.74) is 5.14. The summed E-state index contributed by atoms with van der Waals surface area (Å²) in [6.45, 7) is 4.73. The number of hydrogen-bond donors (Lipinski definition) is 3. The summed E-state index contributed by atoms with van der Waals surface area (Å²) >= 11 is 0. The highest BCUT2D eigenvalue weighted by molar-refractivity contribution is 5.96.